The van der Waals surface area contributed by atoms with Crippen molar-refractivity contribution in [3.63, 3.8) is 0 Å². The number of aromatic nitrogens is 2. The number of ether oxygens (including phenoxy) is 1. The van der Waals surface area contributed by atoms with E-state index in [2.05, 4.69) is 15.6 Å². The fraction of sp³-hybridized carbons (Fsp3) is 0.316. The van der Waals surface area contributed by atoms with E-state index in [9.17, 15) is 4.79 Å². The molecule has 0 radical (unpaired) electrons. The maximum absolute atomic E-state index is 12.2. The molecule has 1 aliphatic carbocycles. The Kier molecular flexibility index (Phi) is 4.81. The van der Waals surface area contributed by atoms with Gasteiger partial charge in [0.1, 0.15) is 5.75 Å². The Morgan fingerprint density at radius 1 is 1.21 bits per heavy atom. The van der Waals surface area contributed by atoms with Crippen LogP contribution >= 0.6 is 34.3 Å². The van der Waals surface area contributed by atoms with Crippen molar-refractivity contribution in [2.45, 2.75) is 27.2 Å². The summed E-state index contributed by atoms with van der Waals surface area (Å²) in [7, 11) is 1.62. The van der Waals surface area contributed by atoms with E-state index in [1.807, 2.05) is 32.9 Å². The maximum atomic E-state index is 12.2. The molecular weight excluding hydrogens is 416 g/mol. The minimum Gasteiger partial charge on any atom is -0.495 e. The molecule has 0 saturated heterocycles. The van der Waals surface area contributed by atoms with E-state index in [4.69, 9.17) is 21.3 Å². The van der Waals surface area contributed by atoms with Crippen LogP contribution in [0.2, 0.25) is 5.02 Å². The lowest BCUT2D eigenvalue weighted by Gasteiger charge is -2.15. The largest absolute Gasteiger partial charge is 0.495 e. The highest BCUT2D eigenvalue weighted by Gasteiger charge is 2.29. The molecule has 9 heteroatoms. The van der Waals surface area contributed by atoms with Gasteiger partial charge in [0.25, 0.3) is 0 Å². The molecule has 0 atom stereocenters. The second-order valence-electron chi connectivity index (χ2n) is 7.44. The van der Waals surface area contributed by atoms with Crippen LogP contribution in [0.25, 0.3) is 10.6 Å². The molecule has 0 saturated carbocycles. The Morgan fingerprint density at radius 2 is 2.00 bits per heavy atom. The Balaban J connectivity index is 1.57. The summed E-state index contributed by atoms with van der Waals surface area (Å²) in [5.41, 5.74) is 2.20. The van der Waals surface area contributed by atoms with E-state index in [-0.39, 0.29) is 5.91 Å². The van der Waals surface area contributed by atoms with E-state index in [1.165, 1.54) is 11.3 Å². The number of carbonyl (C=O) groups excluding carboxylic acids is 1. The molecule has 0 spiro atoms. The number of nitrogens with zero attached hydrogens (tertiary/aromatic N) is 2. The monoisotopic (exact) mass is 434 g/mol. The summed E-state index contributed by atoms with van der Waals surface area (Å²) in [6.07, 6.45) is 0.721. The van der Waals surface area contributed by atoms with Crippen molar-refractivity contribution < 1.29 is 9.53 Å². The summed E-state index contributed by atoms with van der Waals surface area (Å²) < 4.78 is 5.38. The molecule has 1 aromatic carbocycles. The number of hydrogen-bond donors (Lipinski definition) is 2. The quantitative estimate of drug-likeness (QED) is 0.439. The van der Waals surface area contributed by atoms with Gasteiger partial charge in [0.05, 0.1) is 29.1 Å². The van der Waals surface area contributed by atoms with Gasteiger partial charge in [-0.2, -0.15) is 0 Å². The van der Waals surface area contributed by atoms with Crippen molar-refractivity contribution in [3.8, 4) is 16.3 Å². The Labute approximate surface area is 175 Å². The number of hydrogen-bond acceptors (Lipinski definition) is 7. The fourth-order valence-electron chi connectivity index (χ4n) is 2.74. The molecule has 2 aromatic heterocycles. The van der Waals surface area contributed by atoms with E-state index in [1.54, 1.807) is 24.5 Å². The average molecular weight is 435 g/mol. The van der Waals surface area contributed by atoms with Crippen LogP contribution in [0.5, 0.6) is 5.75 Å². The van der Waals surface area contributed by atoms with Crippen LogP contribution in [-0.4, -0.2) is 23.0 Å². The zero-order valence-electron chi connectivity index (χ0n) is 15.8. The molecule has 28 heavy (non-hydrogen) atoms. The van der Waals surface area contributed by atoms with Crippen LogP contribution in [0.15, 0.2) is 18.2 Å². The summed E-state index contributed by atoms with van der Waals surface area (Å²) in [5.74, 6) is 0.652. The van der Waals surface area contributed by atoms with Crippen LogP contribution < -0.4 is 15.4 Å². The Hall–Kier alpha value is -2.16. The van der Waals surface area contributed by atoms with Gasteiger partial charge in [-0.25, -0.2) is 9.97 Å². The van der Waals surface area contributed by atoms with Gasteiger partial charge >= 0.3 is 0 Å². The molecule has 0 aliphatic heterocycles. The van der Waals surface area contributed by atoms with Crippen LogP contribution in [-0.2, 0) is 11.2 Å². The third kappa shape index (κ3) is 3.59. The summed E-state index contributed by atoms with van der Waals surface area (Å²) in [5, 5.41) is 8.21. The number of halogens is 1. The molecule has 146 valence electrons. The van der Waals surface area contributed by atoms with Crippen LogP contribution in [0.3, 0.4) is 0 Å². The third-order valence-corrected chi connectivity index (χ3v) is 6.47. The third-order valence-electron chi connectivity index (χ3n) is 4.24. The summed E-state index contributed by atoms with van der Waals surface area (Å²) >= 11 is 9.16. The van der Waals surface area contributed by atoms with Gasteiger partial charge in [0.2, 0.25) is 5.91 Å². The highest BCUT2D eigenvalue weighted by atomic mass is 35.5. The Bertz CT molecular complexity index is 1070. The first kappa shape index (κ1) is 19.2. The van der Waals surface area contributed by atoms with Gasteiger partial charge in [-0.15, -0.1) is 11.3 Å². The SMILES string of the molecule is COc1ccc(Cl)cc1Nc1nc2c(s1)Cc1nc(NC(=O)C(C)(C)C)sc1-2. The summed E-state index contributed by atoms with van der Waals surface area (Å²) in [4.78, 5) is 23.7. The molecule has 0 bridgehead atoms. The average Bonchev–Trinajstić information content (AvgIpc) is 3.25. The summed E-state index contributed by atoms with van der Waals surface area (Å²) in [6, 6.07) is 5.41. The molecule has 6 nitrogen and oxygen atoms in total. The molecule has 2 N–H and O–H groups in total. The lowest BCUT2D eigenvalue weighted by Crippen LogP contribution is -2.27. The predicted molar refractivity (Wildman–Crippen MR) is 115 cm³/mol. The predicted octanol–water partition coefficient (Wildman–Crippen LogP) is 5.56. The normalized spacial score (nSPS) is 12.5. The van der Waals surface area contributed by atoms with E-state index < -0.39 is 5.41 Å². The first-order chi connectivity index (χ1) is 13.2. The lowest BCUT2D eigenvalue weighted by molar-refractivity contribution is -0.123. The number of rotatable bonds is 4. The number of benzene rings is 1. The number of methoxy groups -OCH3 is 1. The minimum absolute atomic E-state index is 0.0474. The second-order valence-corrected chi connectivity index (χ2v) is 9.96. The van der Waals surface area contributed by atoms with Gasteiger partial charge in [-0.3, -0.25) is 4.79 Å². The topological polar surface area (TPSA) is 76.1 Å². The van der Waals surface area contributed by atoms with Gasteiger partial charge < -0.3 is 15.4 Å². The lowest BCUT2D eigenvalue weighted by atomic mass is 9.96. The maximum Gasteiger partial charge on any atom is 0.231 e. The molecule has 4 rings (SSSR count). The molecule has 1 amide bonds. The molecule has 2 heterocycles. The molecule has 0 unspecified atom stereocenters. The van der Waals surface area contributed by atoms with Crippen LogP contribution in [0.1, 0.15) is 31.3 Å². The van der Waals surface area contributed by atoms with Gasteiger partial charge in [-0.1, -0.05) is 43.7 Å². The first-order valence-corrected chi connectivity index (χ1v) is 10.7. The van der Waals surface area contributed by atoms with E-state index in [0.29, 0.717) is 15.9 Å². The van der Waals surface area contributed by atoms with Crippen molar-refractivity contribution >= 4 is 56.1 Å². The van der Waals surface area contributed by atoms with E-state index in [0.717, 1.165) is 38.4 Å². The van der Waals surface area contributed by atoms with Crippen molar-refractivity contribution in [1.82, 2.24) is 9.97 Å². The molecule has 1 aliphatic rings. The van der Waals surface area contributed by atoms with Crippen molar-refractivity contribution in [1.29, 1.82) is 0 Å². The van der Waals surface area contributed by atoms with Gasteiger partial charge in [0.15, 0.2) is 10.3 Å². The van der Waals surface area contributed by atoms with Crippen molar-refractivity contribution in [2.75, 3.05) is 17.7 Å². The molecular formula is C19H19ClN4O2S2. The standard InChI is InChI=1S/C19H19ClN4O2S2/c1-19(2,3)16(25)24-18-22-11-8-13-14(15(11)28-18)23-17(27-13)21-10-7-9(20)5-6-12(10)26-4/h5-7H,8H2,1-4H3,(H,21,23)(H,22,24,25). The van der Waals surface area contributed by atoms with Crippen LogP contribution in [0, 0.1) is 5.41 Å². The van der Waals surface area contributed by atoms with Crippen LogP contribution in [0.4, 0.5) is 16.0 Å². The zero-order valence-corrected chi connectivity index (χ0v) is 18.2. The van der Waals surface area contributed by atoms with Gasteiger partial charge in [-0.05, 0) is 18.2 Å². The van der Waals surface area contributed by atoms with Crippen molar-refractivity contribution in [2.24, 2.45) is 5.41 Å². The number of anilines is 3. The highest BCUT2D eigenvalue weighted by molar-refractivity contribution is 7.20. The smallest absolute Gasteiger partial charge is 0.231 e. The first-order valence-electron chi connectivity index (χ1n) is 8.66. The number of amides is 1. The molecule has 3 aromatic rings. The number of thiazole rings is 2. The number of fused-ring (bicyclic) bond motifs is 3. The zero-order chi connectivity index (χ0) is 20.1. The minimum atomic E-state index is -0.463. The highest BCUT2D eigenvalue weighted by Crippen LogP contribution is 2.46. The molecule has 0 fully saturated rings. The van der Waals surface area contributed by atoms with Crippen molar-refractivity contribution in [3.05, 3.63) is 33.8 Å². The fourth-order valence-corrected chi connectivity index (χ4v) is 4.96. The second kappa shape index (κ2) is 7.02. The van der Waals surface area contributed by atoms with Gasteiger partial charge in [0, 0.05) is 21.7 Å². The number of nitrogens with one attached hydrogen (secondary N) is 2. The Morgan fingerprint density at radius 3 is 2.71 bits per heavy atom. The summed E-state index contributed by atoms with van der Waals surface area (Å²) in [6.45, 7) is 5.64. The number of carbonyl (C=O) groups is 1. The van der Waals surface area contributed by atoms with E-state index >= 15 is 0 Å².